The molecule has 0 aromatic rings. The minimum atomic E-state index is -0.943. The van der Waals surface area contributed by atoms with Crippen LogP contribution in [0, 0.1) is 0 Å². The number of hydrogen-bond acceptors (Lipinski definition) is 1. The fourth-order valence-corrected chi connectivity index (χ4v) is 0.321. The molecule has 9 heavy (non-hydrogen) atoms. The molecule has 3 heteroatoms. The van der Waals surface area contributed by atoms with Crippen LogP contribution in [-0.2, 0) is 9.90 Å². The zero-order chi connectivity index (χ0) is 7.70. The van der Waals surface area contributed by atoms with Crippen LogP contribution < -0.4 is 0 Å². The first-order valence-corrected chi connectivity index (χ1v) is 3.60. The largest absolute Gasteiger partial charge is 0.355 e. The predicted octanol–water partition coefficient (Wildman–Crippen LogP) is 1.99. The maximum atomic E-state index is 9.65. The van der Waals surface area contributed by atoms with E-state index in [-0.39, 0.29) is 6.42 Å². The summed E-state index contributed by atoms with van der Waals surface area (Å²) in [5.41, 5.74) is 0. The van der Waals surface area contributed by atoms with E-state index in [9.17, 15) is 9.90 Å². The van der Waals surface area contributed by atoms with Gasteiger partial charge in [-0.2, -0.15) is 0 Å². The molecular weight excluding hydrogens is 140 g/mol. The molecule has 0 saturated heterocycles. The predicted molar refractivity (Wildman–Crippen MR) is 37.0 cm³/mol. The van der Waals surface area contributed by atoms with E-state index in [1.54, 1.807) is 0 Å². The number of carbonyl (C=O) groups excluding carboxylic acids is 1. The number of unbranched alkanes of at least 4 members (excludes halogenated alkanes) is 1. The molecule has 0 atom stereocenters. The summed E-state index contributed by atoms with van der Waals surface area (Å²) in [5.74, 6) is -0.943. The maximum absolute atomic E-state index is 9.65. The zero-order valence-electron chi connectivity index (χ0n) is 5.82. The van der Waals surface area contributed by atoms with Crippen LogP contribution in [0.15, 0.2) is 0 Å². The zero-order valence-corrected chi connectivity index (χ0v) is 6.57. The SMILES string of the molecule is CCCCC([O])=O.CCl. The highest BCUT2D eigenvalue weighted by atomic mass is 35.5. The highest BCUT2D eigenvalue weighted by Crippen LogP contribution is 1.91. The van der Waals surface area contributed by atoms with E-state index in [1.165, 1.54) is 6.38 Å². The van der Waals surface area contributed by atoms with Gasteiger partial charge in [0.05, 0.1) is 6.42 Å². The van der Waals surface area contributed by atoms with Gasteiger partial charge in [0.1, 0.15) is 0 Å². The molecule has 0 saturated carbocycles. The lowest BCUT2D eigenvalue weighted by Crippen LogP contribution is -1.89. The summed E-state index contributed by atoms with van der Waals surface area (Å²) < 4.78 is 0. The molecule has 0 aliphatic rings. The number of halogens is 1. The monoisotopic (exact) mass is 151 g/mol. The van der Waals surface area contributed by atoms with Gasteiger partial charge in [0.15, 0.2) is 0 Å². The van der Waals surface area contributed by atoms with Crippen LogP contribution in [0.3, 0.4) is 0 Å². The molecule has 0 aromatic carbocycles. The van der Waals surface area contributed by atoms with Crippen LogP contribution in [0.1, 0.15) is 26.2 Å². The molecule has 1 radical (unpaired) electrons. The average Bonchev–Trinajstić information content (AvgIpc) is 1.88. The van der Waals surface area contributed by atoms with Crippen molar-refractivity contribution in [2.45, 2.75) is 26.2 Å². The molecule has 0 bridgehead atoms. The van der Waals surface area contributed by atoms with Gasteiger partial charge in [-0.05, 0) is 6.42 Å². The third kappa shape index (κ3) is 18.2. The van der Waals surface area contributed by atoms with Gasteiger partial charge in [-0.3, -0.25) is 0 Å². The molecule has 55 valence electrons. The Kier molecular flexibility index (Phi) is 13.7. The van der Waals surface area contributed by atoms with Crippen LogP contribution in [0.4, 0.5) is 0 Å². The van der Waals surface area contributed by atoms with Crippen molar-refractivity contribution in [1.82, 2.24) is 0 Å². The molecule has 0 unspecified atom stereocenters. The Morgan fingerprint density at radius 1 is 1.44 bits per heavy atom. The van der Waals surface area contributed by atoms with E-state index < -0.39 is 5.97 Å². The van der Waals surface area contributed by atoms with Gasteiger partial charge in [0.25, 0.3) is 0 Å². The number of rotatable bonds is 3. The minimum Gasteiger partial charge on any atom is -0.247 e. The van der Waals surface area contributed by atoms with Gasteiger partial charge >= 0.3 is 5.97 Å². The summed E-state index contributed by atoms with van der Waals surface area (Å²) in [4.78, 5) is 9.65. The van der Waals surface area contributed by atoms with Crippen molar-refractivity contribution >= 4 is 17.6 Å². The third-order valence-corrected chi connectivity index (χ3v) is 0.734. The Hall–Kier alpha value is -0.240. The summed E-state index contributed by atoms with van der Waals surface area (Å²) in [6.07, 6.45) is 3.34. The van der Waals surface area contributed by atoms with Gasteiger partial charge in [0.2, 0.25) is 0 Å². The summed E-state index contributed by atoms with van der Waals surface area (Å²) in [6, 6.07) is 0. The molecule has 0 rings (SSSR count). The molecule has 0 fully saturated rings. The third-order valence-electron chi connectivity index (χ3n) is 0.734. The second-order valence-electron chi connectivity index (χ2n) is 1.48. The molecular formula is C6H12ClO2. The summed E-state index contributed by atoms with van der Waals surface area (Å²) >= 11 is 4.64. The lowest BCUT2D eigenvalue weighted by atomic mass is 10.3. The first-order valence-electron chi connectivity index (χ1n) is 2.85. The van der Waals surface area contributed by atoms with Crippen LogP contribution in [0.25, 0.3) is 0 Å². The molecule has 0 N–H and O–H groups in total. The van der Waals surface area contributed by atoms with Crippen molar-refractivity contribution in [1.29, 1.82) is 0 Å². The number of carbonyl (C=O) groups is 1. The molecule has 0 aliphatic heterocycles. The fraction of sp³-hybridized carbons (Fsp3) is 0.833. The highest BCUT2D eigenvalue weighted by molar-refractivity contribution is 6.15. The molecule has 0 heterocycles. The average molecular weight is 152 g/mol. The lowest BCUT2D eigenvalue weighted by molar-refractivity contribution is -0.143. The smallest absolute Gasteiger partial charge is 0.247 e. The van der Waals surface area contributed by atoms with E-state index in [0.29, 0.717) is 0 Å². The van der Waals surface area contributed by atoms with E-state index >= 15 is 0 Å². The fourth-order valence-electron chi connectivity index (χ4n) is 0.321. The van der Waals surface area contributed by atoms with Gasteiger partial charge in [0, 0.05) is 6.38 Å². The normalized spacial score (nSPS) is 7.44. The molecule has 0 aromatic heterocycles. The first kappa shape index (κ1) is 11.5. The van der Waals surface area contributed by atoms with Crippen LogP contribution in [-0.4, -0.2) is 12.4 Å². The molecule has 0 amide bonds. The van der Waals surface area contributed by atoms with E-state index in [0.717, 1.165) is 12.8 Å². The van der Waals surface area contributed by atoms with Crippen molar-refractivity contribution in [3.8, 4) is 0 Å². The molecule has 0 aliphatic carbocycles. The van der Waals surface area contributed by atoms with Gasteiger partial charge < -0.3 is 0 Å². The van der Waals surface area contributed by atoms with Crippen molar-refractivity contribution in [3.63, 3.8) is 0 Å². The first-order chi connectivity index (χ1) is 4.27. The lowest BCUT2D eigenvalue weighted by Gasteiger charge is -1.82. The van der Waals surface area contributed by atoms with E-state index in [4.69, 9.17) is 0 Å². The van der Waals surface area contributed by atoms with Crippen molar-refractivity contribution in [2.75, 3.05) is 6.38 Å². The van der Waals surface area contributed by atoms with Crippen LogP contribution >= 0.6 is 11.6 Å². The second kappa shape index (κ2) is 10.7. The molecule has 2 nitrogen and oxygen atoms in total. The second-order valence-corrected chi connectivity index (χ2v) is 1.48. The standard InChI is InChI=1S/C5H9O2.CH3Cl/c1-2-3-4-5(6)7;1-2/h2-4H2,1H3;1H3. The van der Waals surface area contributed by atoms with Crippen molar-refractivity contribution < 1.29 is 9.90 Å². The van der Waals surface area contributed by atoms with Gasteiger partial charge in [-0.25, -0.2) is 9.90 Å². The summed E-state index contributed by atoms with van der Waals surface area (Å²) in [5, 5.41) is 9.65. The van der Waals surface area contributed by atoms with Crippen LogP contribution in [0.5, 0.6) is 0 Å². The Morgan fingerprint density at radius 2 is 1.89 bits per heavy atom. The Labute approximate surface area is 60.8 Å². The maximum Gasteiger partial charge on any atom is 0.355 e. The number of hydrogen-bond donors (Lipinski definition) is 0. The number of alkyl halides is 1. The van der Waals surface area contributed by atoms with E-state index in [2.05, 4.69) is 11.6 Å². The molecule has 0 spiro atoms. The van der Waals surface area contributed by atoms with Crippen molar-refractivity contribution in [3.05, 3.63) is 0 Å². The van der Waals surface area contributed by atoms with Crippen LogP contribution in [0.2, 0.25) is 0 Å². The van der Waals surface area contributed by atoms with Crippen molar-refractivity contribution in [2.24, 2.45) is 0 Å². The minimum absolute atomic E-state index is 0.205. The van der Waals surface area contributed by atoms with E-state index in [1.807, 2.05) is 6.92 Å². The quantitative estimate of drug-likeness (QED) is 0.569. The summed E-state index contributed by atoms with van der Waals surface area (Å²) in [6.45, 7) is 1.95. The highest BCUT2D eigenvalue weighted by Gasteiger charge is 1.94. The van der Waals surface area contributed by atoms with Gasteiger partial charge in [-0.15, -0.1) is 11.6 Å². The Bertz CT molecular complexity index is 64.1. The Balaban J connectivity index is 0. The van der Waals surface area contributed by atoms with Gasteiger partial charge in [-0.1, -0.05) is 13.3 Å². The Morgan fingerprint density at radius 3 is 2.00 bits per heavy atom. The topological polar surface area (TPSA) is 37.0 Å². The summed E-state index contributed by atoms with van der Waals surface area (Å²) in [7, 11) is 0.